The zero-order valence-corrected chi connectivity index (χ0v) is 31.1. The molecule has 56 heavy (non-hydrogen) atoms. The molecule has 1 aliphatic heterocycles. The van der Waals surface area contributed by atoms with Crippen LogP contribution in [0.5, 0.6) is 0 Å². The molecule has 1 aliphatic carbocycles. The largest absolute Gasteiger partial charge is 0.309 e. The summed E-state index contributed by atoms with van der Waals surface area (Å²) in [6.07, 6.45) is 4.50. The summed E-state index contributed by atoms with van der Waals surface area (Å²) in [4.78, 5) is 14.9. The van der Waals surface area contributed by atoms with Gasteiger partial charge in [0.1, 0.15) is 0 Å². The van der Waals surface area contributed by atoms with Gasteiger partial charge in [-0.15, -0.1) is 0 Å². The van der Waals surface area contributed by atoms with Crippen LogP contribution >= 0.6 is 0 Å². The van der Waals surface area contributed by atoms with E-state index in [1.54, 1.807) is 0 Å². The van der Waals surface area contributed by atoms with Gasteiger partial charge in [0.05, 0.1) is 22.1 Å². The fourth-order valence-corrected chi connectivity index (χ4v) is 9.50. The van der Waals surface area contributed by atoms with Crippen molar-refractivity contribution in [2.45, 2.75) is 19.3 Å². The standard InChI is InChI=1S/C52H36N4/c1-3-16-38-33(2)52(42-24-11-13-28-46(42)56-45-27-12-10-21-40(45)41-23-15-26-44(52)48(41)56)43-25-14-22-39(47(38)43)34-29-31-37(32-30-34)51-54-49(35-17-6-4-7-18-35)53-50(55-51)36-19-8-5-9-20-36/h3-32H,1-2H3/b16-3-. The number of aromatic nitrogens is 4. The molecule has 9 aromatic rings. The minimum absolute atomic E-state index is 0.465. The molecule has 1 spiro atoms. The average Bonchev–Trinajstić information content (AvgIpc) is 3.73. The number of fused-ring (bicyclic) bond motifs is 9. The smallest absolute Gasteiger partial charge is 0.164 e. The van der Waals surface area contributed by atoms with E-state index in [-0.39, 0.29) is 0 Å². The predicted octanol–water partition coefficient (Wildman–Crippen LogP) is 12.6. The van der Waals surface area contributed by atoms with Gasteiger partial charge < -0.3 is 4.57 Å². The first-order chi connectivity index (χ1) is 27.7. The molecule has 1 atom stereocenters. The maximum Gasteiger partial charge on any atom is 0.164 e. The van der Waals surface area contributed by atoms with Gasteiger partial charge in [-0.2, -0.15) is 0 Å². The second kappa shape index (κ2) is 12.4. The normalized spacial score (nSPS) is 15.6. The molecule has 7 aromatic carbocycles. The molecule has 2 aliphatic rings. The second-order valence-electron chi connectivity index (χ2n) is 14.7. The van der Waals surface area contributed by atoms with Crippen LogP contribution in [0, 0.1) is 0 Å². The highest BCUT2D eigenvalue weighted by Crippen LogP contribution is 2.61. The molecule has 1 unspecified atom stereocenters. The Morgan fingerprint density at radius 3 is 1.71 bits per heavy atom. The number of rotatable bonds is 5. The van der Waals surface area contributed by atoms with E-state index in [0.717, 1.165) is 22.3 Å². The van der Waals surface area contributed by atoms with Crippen molar-refractivity contribution in [3.8, 4) is 51.0 Å². The Morgan fingerprint density at radius 2 is 1.02 bits per heavy atom. The van der Waals surface area contributed by atoms with Crippen molar-refractivity contribution in [1.82, 2.24) is 19.5 Å². The Labute approximate surface area is 325 Å². The first-order valence-corrected chi connectivity index (χ1v) is 19.2. The van der Waals surface area contributed by atoms with Crippen LogP contribution in [0.15, 0.2) is 188 Å². The molecule has 0 radical (unpaired) electrons. The van der Waals surface area contributed by atoms with E-state index in [0.29, 0.717) is 17.5 Å². The maximum absolute atomic E-state index is 5.00. The monoisotopic (exact) mass is 716 g/mol. The summed E-state index contributed by atoms with van der Waals surface area (Å²) in [5.41, 5.74) is 16.4. The Bertz CT molecular complexity index is 3020. The van der Waals surface area contributed by atoms with Gasteiger partial charge >= 0.3 is 0 Å². The van der Waals surface area contributed by atoms with Gasteiger partial charge in [-0.1, -0.05) is 170 Å². The number of allylic oxidation sites excluding steroid dienone is 4. The molecule has 0 fully saturated rings. The molecule has 11 rings (SSSR count). The zero-order chi connectivity index (χ0) is 37.4. The van der Waals surface area contributed by atoms with Crippen molar-refractivity contribution in [2.24, 2.45) is 0 Å². The maximum atomic E-state index is 5.00. The molecule has 4 heteroatoms. The molecule has 0 amide bonds. The Kier molecular flexibility index (Phi) is 7.17. The minimum atomic E-state index is -0.465. The van der Waals surface area contributed by atoms with Crippen molar-refractivity contribution in [1.29, 1.82) is 0 Å². The van der Waals surface area contributed by atoms with Crippen molar-refractivity contribution >= 4 is 27.4 Å². The number of benzene rings is 7. The molecule has 0 saturated heterocycles. The molecule has 3 heterocycles. The van der Waals surface area contributed by atoms with Crippen molar-refractivity contribution in [2.75, 3.05) is 0 Å². The van der Waals surface area contributed by atoms with E-state index < -0.39 is 5.41 Å². The lowest BCUT2D eigenvalue weighted by Crippen LogP contribution is -2.33. The molecule has 0 N–H and O–H groups in total. The lowest BCUT2D eigenvalue weighted by Gasteiger charge is -2.40. The van der Waals surface area contributed by atoms with E-state index in [1.807, 2.05) is 60.7 Å². The molecule has 4 nitrogen and oxygen atoms in total. The van der Waals surface area contributed by atoms with Crippen LogP contribution in [-0.4, -0.2) is 19.5 Å². The third-order valence-electron chi connectivity index (χ3n) is 11.8. The van der Waals surface area contributed by atoms with Crippen LogP contribution in [0.3, 0.4) is 0 Å². The number of hydrogen-bond donors (Lipinski definition) is 0. The van der Waals surface area contributed by atoms with E-state index in [1.165, 1.54) is 66.5 Å². The molecule has 2 aromatic heterocycles. The zero-order valence-electron chi connectivity index (χ0n) is 31.1. The van der Waals surface area contributed by atoms with Gasteiger partial charge in [-0.3, -0.25) is 0 Å². The highest BCUT2D eigenvalue weighted by molar-refractivity contribution is 6.13. The van der Waals surface area contributed by atoms with Crippen LogP contribution in [0.2, 0.25) is 0 Å². The number of nitrogens with zero attached hydrogens (tertiary/aromatic N) is 4. The van der Waals surface area contributed by atoms with E-state index in [2.05, 4.69) is 140 Å². The Hall–Kier alpha value is -7.17. The van der Waals surface area contributed by atoms with E-state index in [4.69, 9.17) is 15.0 Å². The molecule has 264 valence electrons. The van der Waals surface area contributed by atoms with Crippen LogP contribution in [0.4, 0.5) is 0 Å². The SMILES string of the molecule is C/C=C\C1=C(C)C2(c3ccccc3-n3c4ccccc4c4cccc2c43)c2cccc(-c3ccc(-c4nc(-c5ccccc5)nc(-c5ccccc5)n4)cc3)c21. The summed E-state index contributed by atoms with van der Waals surface area (Å²) < 4.78 is 2.50. The summed E-state index contributed by atoms with van der Waals surface area (Å²) in [6.45, 7) is 4.48. The van der Waals surface area contributed by atoms with Gasteiger partial charge in [0.15, 0.2) is 17.5 Å². The average molecular weight is 717 g/mol. The molecular formula is C52H36N4. The Morgan fingerprint density at radius 1 is 0.482 bits per heavy atom. The van der Waals surface area contributed by atoms with Crippen molar-refractivity contribution < 1.29 is 0 Å². The van der Waals surface area contributed by atoms with E-state index >= 15 is 0 Å². The summed E-state index contributed by atoms with van der Waals surface area (Å²) >= 11 is 0. The topological polar surface area (TPSA) is 43.6 Å². The van der Waals surface area contributed by atoms with Crippen LogP contribution in [0.25, 0.3) is 78.4 Å². The third-order valence-corrected chi connectivity index (χ3v) is 11.8. The Balaban J connectivity index is 1.11. The van der Waals surface area contributed by atoms with Gasteiger partial charge in [0, 0.05) is 27.5 Å². The van der Waals surface area contributed by atoms with Gasteiger partial charge in [-0.05, 0) is 70.5 Å². The molecule has 0 saturated carbocycles. The highest BCUT2D eigenvalue weighted by atomic mass is 15.0. The van der Waals surface area contributed by atoms with Gasteiger partial charge in [0.25, 0.3) is 0 Å². The van der Waals surface area contributed by atoms with Gasteiger partial charge in [-0.25, -0.2) is 15.0 Å². The predicted molar refractivity (Wildman–Crippen MR) is 230 cm³/mol. The van der Waals surface area contributed by atoms with Gasteiger partial charge in [0.2, 0.25) is 0 Å². The summed E-state index contributed by atoms with van der Waals surface area (Å²) in [7, 11) is 0. The van der Waals surface area contributed by atoms with Crippen LogP contribution in [-0.2, 0) is 5.41 Å². The lowest BCUT2D eigenvalue weighted by molar-refractivity contribution is 0.726. The fraction of sp³-hybridized carbons (Fsp3) is 0.0577. The number of hydrogen-bond acceptors (Lipinski definition) is 3. The highest BCUT2D eigenvalue weighted by Gasteiger charge is 2.50. The summed E-state index contributed by atoms with van der Waals surface area (Å²) in [5.74, 6) is 1.96. The quantitative estimate of drug-likeness (QED) is 0.178. The molecule has 0 bridgehead atoms. The van der Waals surface area contributed by atoms with Crippen molar-refractivity contribution in [3.05, 3.63) is 210 Å². The van der Waals surface area contributed by atoms with Crippen LogP contribution < -0.4 is 0 Å². The lowest BCUT2D eigenvalue weighted by atomic mass is 9.65. The van der Waals surface area contributed by atoms with Crippen LogP contribution in [0.1, 0.15) is 36.1 Å². The second-order valence-corrected chi connectivity index (χ2v) is 14.7. The summed E-state index contributed by atoms with van der Waals surface area (Å²) in [6, 6.07) is 60.7. The third kappa shape index (κ3) is 4.50. The van der Waals surface area contributed by atoms with Crippen molar-refractivity contribution in [3.63, 3.8) is 0 Å². The first-order valence-electron chi connectivity index (χ1n) is 19.2. The molecular weight excluding hydrogens is 681 g/mol. The number of para-hydroxylation sites is 3. The first kappa shape index (κ1) is 32.3. The van der Waals surface area contributed by atoms with E-state index in [9.17, 15) is 0 Å². The fourth-order valence-electron chi connectivity index (χ4n) is 9.50. The summed E-state index contributed by atoms with van der Waals surface area (Å²) in [5, 5.41) is 2.57. The minimum Gasteiger partial charge on any atom is -0.309 e.